The third-order valence-corrected chi connectivity index (χ3v) is 3.41. The first kappa shape index (κ1) is 15.3. The normalized spacial score (nSPS) is 12.1. The second kappa shape index (κ2) is 7.09. The van der Waals surface area contributed by atoms with Gasteiger partial charge in [0.1, 0.15) is 11.5 Å². The fourth-order valence-corrected chi connectivity index (χ4v) is 2.25. The highest BCUT2D eigenvalue weighted by Crippen LogP contribution is 2.20. The summed E-state index contributed by atoms with van der Waals surface area (Å²) in [6, 6.07) is 11.6. The summed E-state index contributed by atoms with van der Waals surface area (Å²) < 4.78 is 10.4. The summed E-state index contributed by atoms with van der Waals surface area (Å²) in [5.74, 6) is 1.54. The minimum Gasteiger partial charge on any atom is -0.465 e. The van der Waals surface area contributed by atoms with Crippen LogP contribution in [0.25, 0.3) is 0 Å². The first-order valence-electron chi connectivity index (χ1n) is 7.11. The van der Waals surface area contributed by atoms with Crippen molar-refractivity contribution >= 4 is 5.97 Å². The molecule has 112 valence electrons. The molecule has 1 aromatic carbocycles. The number of hydrogen-bond acceptors (Lipinski definition) is 4. The lowest BCUT2D eigenvalue weighted by atomic mass is 10.1. The van der Waals surface area contributed by atoms with Crippen molar-refractivity contribution < 1.29 is 13.9 Å². The summed E-state index contributed by atoms with van der Waals surface area (Å²) >= 11 is 0. The van der Waals surface area contributed by atoms with E-state index in [-0.39, 0.29) is 12.0 Å². The first-order chi connectivity index (χ1) is 10.1. The van der Waals surface area contributed by atoms with E-state index in [0.717, 1.165) is 23.5 Å². The van der Waals surface area contributed by atoms with Crippen molar-refractivity contribution in [1.29, 1.82) is 0 Å². The predicted octanol–water partition coefficient (Wildman–Crippen LogP) is 3.62. The molecule has 4 nitrogen and oxygen atoms in total. The molecule has 2 rings (SSSR count). The zero-order chi connectivity index (χ0) is 15.2. The molecule has 4 heteroatoms. The molecule has 0 saturated heterocycles. The molecule has 0 spiro atoms. The maximum absolute atomic E-state index is 11.5. The molecule has 0 bridgehead atoms. The van der Waals surface area contributed by atoms with Gasteiger partial charge in [-0.1, -0.05) is 19.1 Å². The van der Waals surface area contributed by atoms with Gasteiger partial charge in [-0.25, -0.2) is 4.79 Å². The predicted molar refractivity (Wildman–Crippen MR) is 81.1 cm³/mol. The second-order valence-electron chi connectivity index (χ2n) is 4.98. The molecule has 0 fully saturated rings. The molecule has 0 aliphatic rings. The maximum Gasteiger partial charge on any atom is 0.337 e. The van der Waals surface area contributed by atoms with E-state index in [1.54, 1.807) is 6.07 Å². The first-order valence-corrected chi connectivity index (χ1v) is 7.11. The van der Waals surface area contributed by atoms with Crippen LogP contribution in [0.4, 0.5) is 0 Å². The molecule has 0 aliphatic carbocycles. The van der Waals surface area contributed by atoms with Crippen LogP contribution in [-0.2, 0) is 11.3 Å². The molecular formula is C17H21NO3. The Bertz CT molecular complexity index is 604. The number of carbonyl (C=O) groups excluding carboxylic acids is 1. The summed E-state index contributed by atoms with van der Waals surface area (Å²) in [4.78, 5) is 11.5. The van der Waals surface area contributed by atoms with Crippen LogP contribution in [-0.4, -0.2) is 13.1 Å². The summed E-state index contributed by atoms with van der Waals surface area (Å²) in [5.41, 5.74) is 1.61. The van der Waals surface area contributed by atoms with Crippen molar-refractivity contribution in [3.05, 3.63) is 59.0 Å². The molecule has 2 aromatic rings. The average Bonchev–Trinajstić information content (AvgIpc) is 2.94. The number of furan rings is 1. The summed E-state index contributed by atoms with van der Waals surface area (Å²) in [6.07, 6.45) is 0.934. The van der Waals surface area contributed by atoms with Crippen molar-refractivity contribution in [2.24, 2.45) is 0 Å². The number of benzene rings is 1. The molecule has 0 saturated carbocycles. The highest BCUT2D eigenvalue weighted by atomic mass is 16.5. The van der Waals surface area contributed by atoms with Crippen LogP contribution in [0.15, 0.2) is 40.8 Å². The lowest BCUT2D eigenvalue weighted by Crippen LogP contribution is -2.20. The minimum absolute atomic E-state index is 0.167. The van der Waals surface area contributed by atoms with E-state index in [1.807, 2.05) is 37.3 Å². The Morgan fingerprint density at radius 3 is 2.76 bits per heavy atom. The lowest BCUT2D eigenvalue weighted by molar-refractivity contribution is 0.0600. The summed E-state index contributed by atoms with van der Waals surface area (Å²) in [7, 11) is 1.39. The Hall–Kier alpha value is -2.07. The Morgan fingerprint density at radius 1 is 1.33 bits per heavy atom. The highest BCUT2D eigenvalue weighted by Gasteiger charge is 2.13. The van der Waals surface area contributed by atoms with Crippen molar-refractivity contribution in [2.45, 2.75) is 32.9 Å². The highest BCUT2D eigenvalue weighted by molar-refractivity contribution is 5.89. The molecular weight excluding hydrogens is 266 g/mol. The molecule has 1 heterocycles. The van der Waals surface area contributed by atoms with Crippen LogP contribution in [0.2, 0.25) is 0 Å². The standard InChI is InChI=1S/C17H21NO3/c1-4-15(16-9-8-12(2)21-16)18-11-13-6-5-7-14(10-13)17(19)20-3/h5-10,15,18H,4,11H2,1-3H3. The van der Waals surface area contributed by atoms with Crippen LogP contribution >= 0.6 is 0 Å². The molecule has 21 heavy (non-hydrogen) atoms. The smallest absolute Gasteiger partial charge is 0.337 e. The largest absolute Gasteiger partial charge is 0.465 e. The Kier molecular flexibility index (Phi) is 5.17. The van der Waals surface area contributed by atoms with Gasteiger partial charge in [0.2, 0.25) is 0 Å². The zero-order valence-corrected chi connectivity index (χ0v) is 12.7. The third kappa shape index (κ3) is 3.95. The van der Waals surface area contributed by atoms with E-state index < -0.39 is 0 Å². The van der Waals surface area contributed by atoms with Crippen molar-refractivity contribution in [3.8, 4) is 0 Å². The van der Waals surface area contributed by atoms with E-state index in [9.17, 15) is 4.79 Å². The van der Waals surface area contributed by atoms with Crippen molar-refractivity contribution in [2.75, 3.05) is 7.11 Å². The van der Waals surface area contributed by atoms with E-state index >= 15 is 0 Å². The fourth-order valence-electron chi connectivity index (χ4n) is 2.25. The van der Waals surface area contributed by atoms with E-state index in [1.165, 1.54) is 7.11 Å². The molecule has 1 N–H and O–H groups in total. The molecule has 1 unspecified atom stereocenters. The van der Waals surface area contributed by atoms with Crippen molar-refractivity contribution in [1.82, 2.24) is 5.32 Å². The number of nitrogens with one attached hydrogen (secondary N) is 1. The Morgan fingerprint density at radius 2 is 2.14 bits per heavy atom. The number of aryl methyl sites for hydroxylation is 1. The molecule has 1 aromatic heterocycles. The third-order valence-electron chi connectivity index (χ3n) is 3.41. The lowest BCUT2D eigenvalue weighted by Gasteiger charge is -2.15. The Balaban J connectivity index is 2.03. The SMILES string of the molecule is CCC(NCc1cccc(C(=O)OC)c1)c1ccc(C)o1. The molecule has 0 aliphatic heterocycles. The van der Waals surface area contributed by atoms with Gasteiger partial charge in [0.25, 0.3) is 0 Å². The van der Waals surface area contributed by atoms with Gasteiger partial charge < -0.3 is 14.5 Å². The molecule has 0 amide bonds. The molecule has 0 radical (unpaired) electrons. The van der Waals surface area contributed by atoms with Gasteiger partial charge in [0.15, 0.2) is 0 Å². The van der Waals surface area contributed by atoms with Gasteiger partial charge in [-0.05, 0) is 43.2 Å². The van der Waals surface area contributed by atoms with Crippen molar-refractivity contribution in [3.63, 3.8) is 0 Å². The van der Waals surface area contributed by atoms with Crippen LogP contribution in [0.3, 0.4) is 0 Å². The van der Waals surface area contributed by atoms with Gasteiger partial charge in [0, 0.05) is 6.54 Å². The number of ether oxygens (including phenoxy) is 1. The fraction of sp³-hybridized carbons (Fsp3) is 0.353. The maximum atomic E-state index is 11.5. The summed E-state index contributed by atoms with van der Waals surface area (Å²) in [6.45, 7) is 4.72. The number of methoxy groups -OCH3 is 1. The Labute approximate surface area is 125 Å². The van der Waals surface area contributed by atoms with Gasteiger partial charge in [0.05, 0.1) is 18.7 Å². The number of hydrogen-bond donors (Lipinski definition) is 1. The number of esters is 1. The number of rotatable bonds is 6. The van der Waals surface area contributed by atoms with Gasteiger partial charge >= 0.3 is 5.97 Å². The topological polar surface area (TPSA) is 51.5 Å². The van der Waals surface area contributed by atoms with Gasteiger partial charge in [-0.3, -0.25) is 0 Å². The second-order valence-corrected chi connectivity index (χ2v) is 4.98. The van der Waals surface area contributed by atoms with Crippen LogP contribution < -0.4 is 5.32 Å². The van der Waals surface area contributed by atoms with Gasteiger partial charge in [-0.2, -0.15) is 0 Å². The quantitative estimate of drug-likeness (QED) is 0.824. The van der Waals surface area contributed by atoms with Crippen LogP contribution in [0.5, 0.6) is 0 Å². The van der Waals surface area contributed by atoms with E-state index in [0.29, 0.717) is 12.1 Å². The van der Waals surface area contributed by atoms with Gasteiger partial charge in [-0.15, -0.1) is 0 Å². The average molecular weight is 287 g/mol. The number of carbonyl (C=O) groups is 1. The van der Waals surface area contributed by atoms with E-state index in [2.05, 4.69) is 12.2 Å². The zero-order valence-electron chi connectivity index (χ0n) is 12.7. The summed E-state index contributed by atoms with van der Waals surface area (Å²) in [5, 5.41) is 3.45. The monoisotopic (exact) mass is 287 g/mol. The van der Waals surface area contributed by atoms with E-state index in [4.69, 9.17) is 9.15 Å². The van der Waals surface area contributed by atoms with Crippen LogP contribution in [0.1, 0.15) is 46.8 Å². The van der Waals surface area contributed by atoms with Crippen LogP contribution in [0, 0.1) is 6.92 Å². The molecule has 1 atom stereocenters. The minimum atomic E-state index is -0.314.